The van der Waals surface area contributed by atoms with E-state index < -0.39 is 27.4 Å². The molecule has 3 aromatic heterocycles. The van der Waals surface area contributed by atoms with Gasteiger partial charge in [0.05, 0.1) is 11.1 Å². The normalized spacial score (nSPS) is 11.6. The molecule has 0 aliphatic rings. The summed E-state index contributed by atoms with van der Waals surface area (Å²) in [5.74, 6) is -2.67. The topological polar surface area (TPSA) is 81.1 Å². The molecule has 0 aliphatic carbocycles. The van der Waals surface area contributed by atoms with Crippen molar-refractivity contribution < 1.29 is 22.0 Å². The molecule has 1 aromatic carbocycles. The van der Waals surface area contributed by atoms with Crippen molar-refractivity contribution in [1.29, 1.82) is 0 Å². The third-order valence-corrected chi connectivity index (χ3v) is 8.36. The van der Waals surface area contributed by atoms with Crippen LogP contribution < -0.4 is 5.32 Å². The van der Waals surface area contributed by atoms with E-state index in [4.69, 9.17) is 11.6 Å². The van der Waals surface area contributed by atoms with Gasteiger partial charge in [0.15, 0.2) is 16.8 Å². The Morgan fingerprint density at radius 1 is 1.19 bits per heavy atom. The molecule has 0 spiro atoms. The van der Waals surface area contributed by atoms with Crippen molar-refractivity contribution in [1.82, 2.24) is 9.55 Å². The molecule has 31 heavy (non-hydrogen) atoms. The highest BCUT2D eigenvalue weighted by Gasteiger charge is 2.25. The third kappa shape index (κ3) is 4.54. The predicted molar refractivity (Wildman–Crippen MR) is 115 cm³/mol. The van der Waals surface area contributed by atoms with Crippen molar-refractivity contribution in [2.24, 2.45) is 0 Å². The Labute approximate surface area is 188 Å². The number of hydrogen-bond acceptors (Lipinski definition) is 6. The standard InChI is InChI=1S/C19H12ClF2N3O3S3/c20-16-8-23-19(30-16)24-18(26)15-7-12(31(27,28)17-2-1-5-29-17)10-25(15)9-11-3-4-13(21)14(22)6-11/h1-8,10H,9H2,(H,23,24,26). The van der Waals surface area contributed by atoms with E-state index in [1.54, 1.807) is 11.4 Å². The van der Waals surface area contributed by atoms with Crippen LogP contribution >= 0.6 is 34.3 Å². The lowest BCUT2D eigenvalue weighted by atomic mass is 10.2. The fourth-order valence-electron chi connectivity index (χ4n) is 2.79. The highest BCUT2D eigenvalue weighted by molar-refractivity contribution is 7.93. The number of hydrogen-bond donors (Lipinski definition) is 1. The number of thiazole rings is 1. The zero-order valence-corrected chi connectivity index (χ0v) is 18.6. The van der Waals surface area contributed by atoms with Crippen molar-refractivity contribution in [3.05, 3.63) is 81.4 Å². The summed E-state index contributed by atoms with van der Waals surface area (Å²) < 4.78 is 54.6. The average molecular weight is 500 g/mol. The second kappa shape index (κ2) is 8.50. The van der Waals surface area contributed by atoms with Crippen LogP contribution in [-0.4, -0.2) is 23.9 Å². The van der Waals surface area contributed by atoms with Crippen LogP contribution in [0.15, 0.2) is 63.3 Å². The van der Waals surface area contributed by atoms with Crippen LogP contribution in [0.5, 0.6) is 0 Å². The van der Waals surface area contributed by atoms with E-state index in [0.717, 1.165) is 34.8 Å². The van der Waals surface area contributed by atoms with Crippen LogP contribution in [-0.2, 0) is 16.4 Å². The van der Waals surface area contributed by atoms with Crippen molar-refractivity contribution in [2.45, 2.75) is 15.6 Å². The monoisotopic (exact) mass is 499 g/mol. The number of amides is 1. The Hall–Kier alpha value is -2.60. The maximum absolute atomic E-state index is 13.6. The summed E-state index contributed by atoms with van der Waals surface area (Å²) in [7, 11) is -3.86. The maximum Gasteiger partial charge on any atom is 0.274 e. The van der Waals surface area contributed by atoms with Crippen LogP contribution in [0.3, 0.4) is 0 Å². The van der Waals surface area contributed by atoms with Gasteiger partial charge in [-0.2, -0.15) is 0 Å². The number of halogens is 3. The van der Waals surface area contributed by atoms with Gasteiger partial charge in [-0.25, -0.2) is 22.2 Å². The summed E-state index contributed by atoms with van der Waals surface area (Å²) in [5, 5.41) is 4.43. The summed E-state index contributed by atoms with van der Waals surface area (Å²) in [5.41, 5.74) is 0.354. The summed E-state index contributed by atoms with van der Waals surface area (Å²) >= 11 is 7.92. The molecule has 1 N–H and O–H groups in total. The zero-order chi connectivity index (χ0) is 22.2. The van der Waals surface area contributed by atoms with Gasteiger partial charge in [0.25, 0.3) is 5.91 Å². The third-order valence-electron chi connectivity index (χ3n) is 4.21. The van der Waals surface area contributed by atoms with E-state index in [1.165, 1.54) is 35.2 Å². The molecule has 4 rings (SSSR count). The molecule has 1 amide bonds. The van der Waals surface area contributed by atoms with E-state index in [2.05, 4.69) is 10.3 Å². The Morgan fingerprint density at radius 2 is 2.00 bits per heavy atom. The van der Waals surface area contributed by atoms with Crippen molar-refractivity contribution in [3.8, 4) is 0 Å². The number of carbonyl (C=O) groups excluding carboxylic acids is 1. The fraction of sp³-hybridized carbons (Fsp3) is 0.0526. The van der Waals surface area contributed by atoms with Crippen molar-refractivity contribution >= 4 is 55.2 Å². The summed E-state index contributed by atoms with van der Waals surface area (Å²) in [4.78, 5) is 16.7. The smallest absolute Gasteiger partial charge is 0.274 e. The molecule has 0 saturated heterocycles. The quantitative estimate of drug-likeness (QED) is 0.401. The number of nitrogens with one attached hydrogen (secondary N) is 1. The van der Waals surface area contributed by atoms with Crippen molar-refractivity contribution in [3.63, 3.8) is 0 Å². The van der Waals surface area contributed by atoms with Gasteiger partial charge >= 0.3 is 0 Å². The number of aromatic nitrogens is 2. The van der Waals surface area contributed by atoms with Gasteiger partial charge < -0.3 is 4.57 Å². The van der Waals surface area contributed by atoms with Crippen LogP contribution in [0.4, 0.5) is 13.9 Å². The second-order valence-electron chi connectivity index (χ2n) is 6.30. The van der Waals surface area contributed by atoms with Crippen molar-refractivity contribution in [2.75, 3.05) is 5.32 Å². The first kappa shape index (κ1) is 21.6. The highest BCUT2D eigenvalue weighted by atomic mass is 35.5. The average Bonchev–Trinajstić information content (AvgIpc) is 3.46. The summed E-state index contributed by atoms with van der Waals surface area (Å²) in [6.07, 6.45) is 2.66. The molecule has 0 bridgehead atoms. The molecule has 0 saturated carbocycles. The maximum atomic E-state index is 13.6. The van der Waals surface area contributed by atoms with Crippen LogP contribution in [0.25, 0.3) is 0 Å². The number of thiophene rings is 1. The Kier molecular flexibility index (Phi) is 5.93. The number of nitrogens with zero attached hydrogens (tertiary/aromatic N) is 2. The number of carbonyl (C=O) groups is 1. The van der Waals surface area contributed by atoms with Gasteiger partial charge in [-0.1, -0.05) is 35.1 Å². The highest BCUT2D eigenvalue weighted by Crippen LogP contribution is 2.28. The number of benzene rings is 1. The summed E-state index contributed by atoms with van der Waals surface area (Å²) in [6.45, 7) is -0.0570. The molecule has 0 unspecified atom stereocenters. The number of anilines is 1. The van der Waals surface area contributed by atoms with Gasteiger partial charge in [-0.05, 0) is 35.2 Å². The molecule has 3 heterocycles. The lowest BCUT2D eigenvalue weighted by molar-refractivity contribution is 0.101. The van der Waals surface area contributed by atoms with Gasteiger partial charge in [0.1, 0.15) is 14.2 Å². The lowest BCUT2D eigenvalue weighted by Gasteiger charge is -2.09. The minimum absolute atomic E-state index is 0.00573. The minimum atomic E-state index is -3.86. The number of sulfone groups is 1. The fourth-order valence-corrected chi connectivity index (χ4v) is 6.03. The molecule has 0 fully saturated rings. The Bertz CT molecular complexity index is 1370. The van der Waals surface area contributed by atoms with E-state index in [1.807, 2.05) is 0 Å². The molecular weight excluding hydrogens is 488 g/mol. The minimum Gasteiger partial charge on any atom is -0.338 e. The molecule has 0 atom stereocenters. The van der Waals surface area contributed by atoms with Crippen LogP contribution in [0, 0.1) is 11.6 Å². The van der Waals surface area contributed by atoms with E-state index >= 15 is 0 Å². The Balaban J connectivity index is 1.74. The molecule has 6 nitrogen and oxygen atoms in total. The molecule has 0 radical (unpaired) electrons. The summed E-state index contributed by atoms with van der Waals surface area (Å²) in [6, 6.07) is 7.62. The van der Waals surface area contributed by atoms with E-state index in [0.29, 0.717) is 9.90 Å². The SMILES string of the molecule is O=C(Nc1ncc(Cl)s1)c1cc(S(=O)(=O)c2cccs2)cn1Cc1ccc(F)c(F)c1. The largest absolute Gasteiger partial charge is 0.338 e. The van der Waals surface area contributed by atoms with Gasteiger partial charge in [0.2, 0.25) is 9.84 Å². The first-order chi connectivity index (χ1) is 14.7. The lowest BCUT2D eigenvalue weighted by Crippen LogP contribution is -2.17. The van der Waals surface area contributed by atoms with Crippen LogP contribution in [0.1, 0.15) is 16.1 Å². The molecule has 160 valence electrons. The Morgan fingerprint density at radius 3 is 2.65 bits per heavy atom. The van der Waals surface area contributed by atoms with Gasteiger partial charge in [0, 0.05) is 12.7 Å². The van der Waals surface area contributed by atoms with E-state index in [-0.39, 0.29) is 26.5 Å². The molecule has 0 aliphatic heterocycles. The predicted octanol–water partition coefficient (Wildman–Crippen LogP) is 5.07. The molecule has 12 heteroatoms. The molecular formula is C19H12ClF2N3O3S3. The first-order valence-electron chi connectivity index (χ1n) is 8.59. The van der Waals surface area contributed by atoms with Crippen LogP contribution in [0.2, 0.25) is 4.34 Å². The zero-order valence-electron chi connectivity index (χ0n) is 15.4. The van der Waals surface area contributed by atoms with Gasteiger partial charge in [-0.3, -0.25) is 10.1 Å². The van der Waals surface area contributed by atoms with Gasteiger partial charge in [-0.15, -0.1) is 11.3 Å². The molecule has 4 aromatic rings. The van der Waals surface area contributed by atoms with E-state index in [9.17, 15) is 22.0 Å². The number of rotatable bonds is 6. The second-order valence-corrected chi connectivity index (χ2v) is 11.1. The first-order valence-corrected chi connectivity index (χ1v) is 12.1.